The molecule has 2 aromatic rings. The van der Waals surface area contributed by atoms with E-state index in [2.05, 4.69) is 50.4 Å². The third-order valence-corrected chi connectivity index (χ3v) is 3.81. The number of nitrogens with zero attached hydrogens (tertiary/aromatic N) is 6. The van der Waals surface area contributed by atoms with E-state index >= 15 is 0 Å². The lowest BCUT2D eigenvalue weighted by Gasteiger charge is -2.34. The summed E-state index contributed by atoms with van der Waals surface area (Å²) in [5, 5.41) is 8.73. The Morgan fingerprint density at radius 2 is 2.00 bits per heavy atom. The first-order valence-electron chi connectivity index (χ1n) is 7.06. The van der Waals surface area contributed by atoms with Gasteiger partial charge in [0.1, 0.15) is 18.0 Å². The number of aryl methyl sites for hydroxylation is 1. The molecule has 1 aliphatic heterocycles. The summed E-state index contributed by atoms with van der Waals surface area (Å²) in [6.45, 7) is 10.3. The molecule has 20 heavy (non-hydrogen) atoms. The van der Waals surface area contributed by atoms with Gasteiger partial charge < -0.3 is 9.47 Å². The average molecular weight is 272 g/mol. The van der Waals surface area contributed by atoms with Crippen LogP contribution in [-0.2, 0) is 6.54 Å². The molecule has 3 rings (SSSR count). The summed E-state index contributed by atoms with van der Waals surface area (Å²) in [6, 6.07) is 2.20. The van der Waals surface area contributed by atoms with Crippen molar-refractivity contribution < 1.29 is 0 Å². The Labute approximate surface area is 118 Å². The van der Waals surface area contributed by atoms with Crippen molar-refractivity contribution in [2.24, 2.45) is 0 Å². The number of rotatable bonds is 2. The van der Waals surface area contributed by atoms with Gasteiger partial charge in [-0.3, -0.25) is 0 Å². The van der Waals surface area contributed by atoms with Crippen molar-refractivity contribution >= 4 is 5.82 Å². The fourth-order valence-electron chi connectivity index (χ4n) is 2.74. The van der Waals surface area contributed by atoms with Gasteiger partial charge in [0, 0.05) is 30.8 Å². The monoisotopic (exact) mass is 272 g/mol. The van der Waals surface area contributed by atoms with Crippen molar-refractivity contribution in [3.63, 3.8) is 0 Å². The van der Waals surface area contributed by atoms with Gasteiger partial charge in [-0.15, -0.1) is 10.2 Å². The molecular formula is C14H20N6. The topological polar surface area (TPSA) is 59.7 Å². The van der Waals surface area contributed by atoms with E-state index in [1.165, 1.54) is 0 Å². The third kappa shape index (κ3) is 2.05. The summed E-state index contributed by atoms with van der Waals surface area (Å²) < 4.78 is 2.25. The summed E-state index contributed by atoms with van der Waals surface area (Å²) in [5.74, 6) is 3.46. The van der Waals surface area contributed by atoms with Crippen LogP contribution in [-0.4, -0.2) is 31.3 Å². The van der Waals surface area contributed by atoms with Crippen LogP contribution in [0.3, 0.4) is 0 Å². The number of fused-ring (bicyclic) bond motifs is 1. The second kappa shape index (κ2) is 4.85. The molecule has 0 saturated carbocycles. The molecule has 0 aliphatic carbocycles. The van der Waals surface area contributed by atoms with Crippen molar-refractivity contribution in [1.29, 1.82) is 0 Å². The van der Waals surface area contributed by atoms with E-state index in [1.54, 1.807) is 6.33 Å². The first-order valence-corrected chi connectivity index (χ1v) is 7.06. The quantitative estimate of drug-likeness (QED) is 0.837. The summed E-state index contributed by atoms with van der Waals surface area (Å²) in [6.07, 6.45) is 1.62. The molecule has 2 aromatic heterocycles. The smallest absolute Gasteiger partial charge is 0.155 e. The van der Waals surface area contributed by atoms with Gasteiger partial charge >= 0.3 is 0 Å². The lowest BCUT2D eigenvalue weighted by Crippen LogP contribution is -2.38. The largest absolute Gasteiger partial charge is 0.345 e. The second-order valence-electron chi connectivity index (χ2n) is 5.61. The van der Waals surface area contributed by atoms with Crippen LogP contribution in [0.4, 0.5) is 5.82 Å². The van der Waals surface area contributed by atoms with Gasteiger partial charge in [0.15, 0.2) is 5.82 Å². The van der Waals surface area contributed by atoms with E-state index < -0.39 is 0 Å². The first-order chi connectivity index (χ1) is 9.58. The van der Waals surface area contributed by atoms with Crippen LogP contribution in [0, 0.1) is 6.92 Å². The molecule has 0 fully saturated rings. The van der Waals surface area contributed by atoms with Crippen molar-refractivity contribution in [2.75, 3.05) is 11.4 Å². The van der Waals surface area contributed by atoms with Crippen molar-refractivity contribution in [2.45, 2.75) is 46.2 Å². The van der Waals surface area contributed by atoms with Crippen LogP contribution >= 0.6 is 0 Å². The Kier molecular flexibility index (Phi) is 3.16. The predicted molar refractivity (Wildman–Crippen MR) is 76.6 cm³/mol. The first kappa shape index (κ1) is 13.0. The van der Waals surface area contributed by atoms with E-state index in [0.29, 0.717) is 5.92 Å². The summed E-state index contributed by atoms with van der Waals surface area (Å²) in [7, 11) is 0. The molecule has 1 atom stereocenters. The fraction of sp³-hybridized carbons (Fsp3) is 0.571. The molecular weight excluding hydrogens is 252 g/mol. The summed E-state index contributed by atoms with van der Waals surface area (Å²) in [4.78, 5) is 10.8. The van der Waals surface area contributed by atoms with Crippen molar-refractivity contribution in [3.8, 4) is 0 Å². The average Bonchev–Trinajstić information content (AvgIpc) is 2.84. The minimum absolute atomic E-state index is 0.179. The number of hydrogen-bond donors (Lipinski definition) is 0. The maximum Gasteiger partial charge on any atom is 0.155 e. The Bertz CT molecular complexity index is 618. The highest BCUT2D eigenvalue weighted by Crippen LogP contribution is 2.29. The Balaban J connectivity index is 1.95. The maximum absolute atomic E-state index is 4.39. The van der Waals surface area contributed by atoms with Crippen LogP contribution in [0.1, 0.15) is 50.1 Å². The van der Waals surface area contributed by atoms with Crippen molar-refractivity contribution in [3.05, 3.63) is 29.7 Å². The van der Waals surface area contributed by atoms with Crippen LogP contribution in [0.25, 0.3) is 0 Å². The number of anilines is 1. The van der Waals surface area contributed by atoms with E-state index in [0.717, 1.165) is 36.3 Å². The minimum atomic E-state index is 0.179. The van der Waals surface area contributed by atoms with Crippen LogP contribution in [0.2, 0.25) is 0 Å². The van der Waals surface area contributed by atoms with Gasteiger partial charge in [-0.25, -0.2) is 9.97 Å². The molecule has 1 unspecified atom stereocenters. The van der Waals surface area contributed by atoms with Gasteiger partial charge in [-0.1, -0.05) is 13.8 Å². The van der Waals surface area contributed by atoms with Crippen LogP contribution in [0.5, 0.6) is 0 Å². The molecule has 106 valence electrons. The minimum Gasteiger partial charge on any atom is -0.345 e. The number of hydrogen-bond acceptors (Lipinski definition) is 5. The van der Waals surface area contributed by atoms with E-state index in [4.69, 9.17) is 0 Å². The van der Waals surface area contributed by atoms with Gasteiger partial charge in [0.2, 0.25) is 0 Å². The molecule has 0 saturated heterocycles. The Morgan fingerprint density at radius 3 is 2.70 bits per heavy atom. The van der Waals surface area contributed by atoms with Gasteiger partial charge in [-0.2, -0.15) is 0 Å². The predicted octanol–water partition coefficient (Wildman–Crippen LogP) is 2.08. The molecule has 3 heterocycles. The van der Waals surface area contributed by atoms with Crippen LogP contribution in [0.15, 0.2) is 12.4 Å². The van der Waals surface area contributed by atoms with Gasteiger partial charge in [0.05, 0.1) is 6.04 Å². The van der Waals surface area contributed by atoms with E-state index in [1.807, 2.05) is 13.0 Å². The molecule has 0 spiro atoms. The second-order valence-corrected chi connectivity index (χ2v) is 5.61. The molecule has 0 N–H and O–H groups in total. The summed E-state index contributed by atoms with van der Waals surface area (Å²) >= 11 is 0. The molecule has 0 bridgehead atoms. The molecule has 6 nitrogen and oxygen atoms in total. The highest BCUT2D eigenvalue weighted by Gasteiger charge is 2.29. The fourth-order valence-corrected chi connectivity index (χ4v) is 2.74. The standard InChI is InChI=1S/C14H20N6/c1-9(2)13-17-18-14-11(4)19(5-6-20(13)14)12-7-10(3)15-8-16-12/h7-9,11H,5-6H2,1-4H3. The third-order valence-electron chi connectivity index (χ3n) is 3.81. The maximum atomic E-state index is 4.39. The summed E-state index contributed by atoms with van der Waals surface area (Å²) in [5.41, 5.74) is 0.983. The molecule has 6 heteroatoms. The molecule has 0 aromatic carbocycles. The van der Waals surface area contributed by atoms with Crippen molar-refractivity contribution in [1.82, 2.24) is 24.7 Å². The Morgan fingerprint density at radius 1 is 1.20 bits per heavy atom. The molecule has 0 amide bonds. The molecule has 1 aliphatic rings. The highest BCUT2D eigenvalue weighted by atomic mass is 15.4. The van der Waals surface area contributed by atoms with Gasteiger partial charge in [0.25, 0.3) is 0 Å². The van der Waals surface area contributed by atoms with Gasteiger partial charge in [-0.05, 0) is 13.8 Å². The zero-order valence-corrected chi connectivity index (χ0v) is 12.4. The normalized spacial score (nSPS) is 18.4. The zero-order valence-electron chi connectivity index (χ0n) is 12.4. The SMILES string of the molecule is Cc1cc(N2CCn3c(C(C)C)nnc3C2C)ncn1. The zero-order chi connectivity index (χ0) is 14.3. The molecule has 0 radical (unpaired) electrons. The number of aromatic nitrogens is 5. The lowest BCUT2D eigenvalue weighted by atomic mass is 10.1. The highest BCUT2D eigenvalue weighted by molar-refractivity contribution is 5.41. The van der Waals surface area contributed by atoms with Crippen LogP contribution < -0.4 is 4.90 Å². The lowest BCUT2D eigenvalue weighted by molar-refractivity contribution is 0.476. The Hall–Kier alpha value is -1.98. The van der Waals surface area contributed by atoms with E-state index in [9.17, 15) is 0 Å². The van der Waals surface area contributed by atoms with E-state index in [-0.39, 0.29) is 6.04 Å².